The molecule has 2 rings (SSSR count). The molecule has 20 heavy (non-hydrogen) atoms. The second-order valence-corrected chi connectivity index (χ2v) is 6.27. The van der Waals surface area contributed by atoms with Gasteiger partial charge in [-0.25, -0.2) is 0 Å². The van der Waals surface area contributed by atoms with Crippen molar-refractivity contribution < 1.29 is 9.53 Å². The van der Waals surface area contributed by atoms with Crippen LogP contribution in [0.3, 0.4) is 0 Å². The SMILES string of the molecule is CC(C)N(CC(=O)NC1CCOCC1)CC1CCCN1. The van der Waals surface area contributed by atoms with Crippen LogP contribution in [-0.4, -0.2) is 61.8 Å². The average Bonchev–Trinajstić information content (AvgIpc) is 2.92. The summed E-state index contributed by atoms with van der Waals surface area (Å²) in [4.78, 5) is 14.5. The molecule has 2 saturated heterocycles. The molecule has 116 valence electrons. The molecule has 1 unspecified atom stereocenters. The van der Waals surface area contributed by atoms with Crippen molar-refractivity contribution in [1.82, 2.24) is 15.5 Å². The highest BCUT2D eigenvalue weighted by molar-refractivity contribution is 5.78. The van der Waals surface area contributed by atoms with Crippen LogP contribution in [0.1, 0.15) is 39.5 Å². The molecule has 2 aliphatic rings. The molecule has 0 spiro atoms. The normalized spacial score (nSPS) is 24.5. The van der Waals surface area contributed by atoms with Crippen molar-refractivity contribution in [3.8, 4) is 0 Å². The third-order valence-electron chi connectivity index (χ3n) is 4.28. The summed E-state index contributed by atoms with van der Waals surface area (Å²) < 4.78 is 5.32. The Bertz CT molecular complexity index is 297. The molecule has 0 aromatic carbocycles. The van der Waals surface area contributed by atoms with Crippen LogP contribution < -0.4 is 10.6 Å². The molecule has 0 radical (unpaired) electrons. The highest BCUT2D eigenvalue weighted by Gasteiger charge is 2.23. The van der Waals surface area contributed by atoms with E-state index < -0.39 is 0 Å². The molecular formula is C15H29N3O2. The van der Waals surface area contributed by atoms with Gasteiger partial charge >= 0.3 is 0 Å². The van der Waals surface area contributed by atoms with Gasteiger partial charge in [0.15, 0.2) is 0 Å². The molecule has 2 N–H and O–H groups in total. The molecule has 1 amide bonds. The third kappa shape index (κ3) is 5.04. The quantitative estimate of drug-likeness (QED) is 0.755. The van der Waals surface area contributed by atoms with Crippen molar-refractivity contribution >= 4 is 5.91 Å². The molecule has 2 heterocycles. The summed E-state index contributed by atoms with van der Waals surface area (Å²) in [6.07, 6.45) is 4.37. The molecule has 0 aromatic heterocycles. The van der Waals surface area contributed by atoms with Crippen LogP contribution in [-0.2, 0) is 9.53 Å². The largest absolute Gasteiger partial charge is 0.381 e. The fraction of sp³-hybridized carbons (Fsp3) is 0.933. The predicted octanol–water partition coefficient (Wildman–Crippen LogP) is 0.744. The highest BCUT2D eigenvalue weighted by atomic mass is 16.5. The van der Waals surface area contributed by atoms with Gasteiger partial charge < -0.3 is 15.4 Å². The molecule has 5 nitrogen and oxygen atoms in total. The van der Waals surface area contributed by atoms with E-state index in [4.69, 9.17) is 4.74 Å². The Balaban J connectivity index is 1.75. The number of hydrogen-bond acceptors (Lipinski definition) is 4. The molecule has 5 heteroatoms. The van der Waals surface area contributed by atoms with Crippen LogP contribution in [0.2, 0.25) is 0 Å². The number of amides is 1. The van der Waals surface area contributed by atoms with Crippen molar-refractivity contribution in [3.63, 3.8) is 0 Å². The van der Waals surface area contributed by atoms with Crippen LogP contribution in [0.4, 0.5) is 0 Å². The zero-order valence-corrected chi connectivity index (χ0v) is 12.9. The number of hydrogen-bond donors (Lipinski definition) is 2. The highest BCUT2D eigenvalue weighted by Crippen LogP contribution is 2.10. The van der Waals surface area contributed by atoms with E-state index in [1.165, 1.54) is 12.8 Å². The monoisotopic (exact) mass is 283 g/mol. The van der Waals surface area contributed by atoms with E-state index in [1.54, 1.807) is 0 Å². The molecular weight excluding hydrogens is 254 g/mol. The lowest BCUT2D eigenvalue weighted by Gasteiger charge is -2.30. The molecule has 0 aliphatic carbocycles. The molecule has 2 fully saturated rings. The molecule has 0 saturated carbocycles. The summed E-state index contributed by atoms with van der Waals surface area (Å²) >= 11 is 0. The van der Waals surface area contributed by atoms with Gasteiger partial charge in [0.05, 0.1) is 6.54 Å². The van der Waals surface area contributed by atoms with Gasteiger partial charge in [0, 0.05) is 37.9 Å². The first-order valence-electron chi connectivity index (χ1n) is 7.99. The topological polar surface area (TPSA) is 53.6 Å². The van der Waals surface area contributed by atoms with Gasteiger partial charge in [-0.2, -0.15) is 0 Å². The van der Waals surface area contributed by atoms with Gasteiger partial charge in [0.2, 0.25) is 5.91 Å². The Morgan fingerprint density at radius 3 is 2.70 bits per heavy atom. The number of nitrogens with zero attached hydrogens (tertiary/aromatic N) is 1. The maximum Gasteiger partial charge on any atom is 0.234 e. The van der Waals surface area contributed by atoms with E-state index >= 15 is 0 Å². The Kier molecular flexibility index (Phi) is 6.26. The fourth-order valence-corrected chi connectivity index (χ4v) is 2.95. The van der Waals surface area contributed by atoms with E-state index in [0.717, 1.165) is 39.1 Å². The standard InChI is InChI=1S/C15H29N3O2/c1-12(2)18(10-14-4-3-7-16-14)11-15(19)17-13-5-8-20-9-6-13/h12-14,16H,3-11H2,1-2H3,(H,17,19). The second-order valence-electron chi connectivity index (χ2n) is 6.27. The first kappa shape index (κ1) is 15.7. The van der Waals surface area contributed by atoms with Gasteiger partial charge in [-0.05, 0) is 46.1 Å². The first-order valence-corrected chi connectivity index (χ1v) is 7.99. The van der Waals surface area contributed by atoms with Crippen molar-refractivity contribution in [1.29, 1.82) is 0 Å². The van der Waals surface area contributed by atoms with E-state index in [-0.39, 0.29) is 5.91 Å². The minimum atomic E-state index is 0.156. The Labute approximate surface area is 122 Å². The first-order chi connectivity index (χ1) is 9.65. The van der Waals surface area contributed by atoms with E-state index in [2.05, 4.69) is 29.4 Å². The summed E-state index contributed by atoms with van der Waals surface area (Å²) in [5.74, 6) is 0.156. The summed E-state index contributed by atoms with van der Waals surface area (Å²) in [5, 5.41) is 6.65. The van der Waals surface area contributed by atoms with Crippen molar-refractivity contribution in [2.75, 3.05) is 32.8 Å². The van der Waals surface area contributed by atoms with Gasteiger partial charge in [-0.15, -0.1) is 0 Å². The molecule has 0 aromatic rings. The predicted molar refractivity (Wildman–Crippen MR) is 79.7 cm³/mol. The van der Waals surface area contributed by atoms with Crippen LogP contribution >= 0.6 is 0 Å². The van der Waals surface area contributed by atoms with Gasteiger partial charge in [0.1, 0.15) is 0 Å². The second kappa shape index (κ2) is 7.96. The zero-order chi connectivity index (χ0) is 14.4. The third-order valence-corrected chi connectivity index (χ3v) is 4.28. The average molecular weight is 283 g/mol. The molecule has 2 aliphatic heterocycles. The number of nitrogens with one attached hydrogen (secondary N) is 2. The number of carbonyl (C=O) groups excluding carboxylic acids is 1. The smallest absolute Gasteiger partial charge is 0.234 e. The summed E-state index contributed by atoms with van der Waals surface area (Å²) in [6.45, 7) is 8.46. The molecule has 1 atom stereocenters. The van der Waals surface area contributed by atoms with Crippen LogP contribution in [0.5, 0.6) is 0 Å². The van der Waals surface area contributed by atoms with Gasteiger partial charge in [-0.1, -0.05) is 0 Å². The number of rotatable bonds is 6. The summed E-state index contributed by atoms with van der Waals surface area (Å²) in [5.41, 5.74) is 0. The zero-order valence-electron chi connectivity index (χ0n) is 12.9. The van der Waals surface area contributed by atoms with Crippen molar-refractivity contribution in [3.05, 3.63) is 0 Å². The molecule has 0 bridgehead atoms. The number of carbonyl (C=O) groups is 1. The van der Waals surface area contributed by atoms with Crippen molar-refractivity contribution in [2.24, 2.45) is 0 Å². The Hall–Kier alpha value is -0.650. The van der Waals surface area contributed by atoms with Crippen LogP contribution in [0, 0.1) is 0 Å². The Morgan fingerprint density at radius 1 is 1.35 bits per heavy atom. The minimum Gasteiger partial charge on any atom is -0.381 e. The van der Waals surface area contributed by atoms with E-state index in [9.17, 15) is 4.79 Å². The maximum atomic E-state index is 12.2. The Morgan fingerprint density at radius 2 is 2.10 bits per heavy atom. The minimum absolute atomic E-state index is 0.156. The van der Waals surface area contributed by atoms with Crippen LogP contribution in [0.25, 0.3) is 0 Å². The number of ether oxygens (including phenoxy) is 1. The lowest BCUT2D eigenvalue weighted by atomic mass is 10.1. The summed E-state index contributed by atoms with van der Waals surface area (Å²) in [6, 6.07) is 1.25. The maximum absolute atomic E-state index is 12.2. The van der Waals surface area contributed by atoms with E-state index in [0.29, 0.717) is 24.7 Å². The van der Waals surface area contributed by atoms with Crippen molar-refractivity contribution in [2.45, 2.75) is 57.7 Å². The lowest BCUT2D eigenvalue weighted by molar-refractivity contribution is -0.124. The summed E-state index contributed by atoms with van der Waals surface area (Å²) in [7, 11) is 0. The van der Waals surface area contributed by atoms with E-state index in [1.807, 2.05) is 0 Å². The lowest BCUT2D eigenvalue weighted by Crippen LogP contribution is -2.48. The fourth-order valence-electron chi connectivity index (χ4n) is 2.95. The van der Waals surface area contributed by atoms with Crippen LogP contribution in [0.15, 0.2) is 0 Å². The van der Waals surface area contributed by atoms with Gasteiger partial charge in [-0.3, -0.25) is 9.69 Å². The van der Waals surface area contributed by atoms with Gasteiger partial charge in [0.25, 0.3) is 0 Å².